The smallest absolute Gasteiger partial charge is 0.340 e. The Labute approximate surface area is 122 Å². The van der Waals surface area contributed by atoms with Crippen LogP contribution in [0, 0.1) is 6.92 Å². The lowest BCUT2D eigenvalue weighted by atomic mass is 10.1. The van der Waals surface area contributed by atoms with Gasteiger partial charge in [-0.15, -0.1) is 11.3 Å². The normalized spacial score (nSPS) is 15.9. The molecule has 1 amide bonds. The fourth-order valence-electron chi connectivity index (χ4n) is 2.36. The van der Waals surface area contributed by atoms with Crippen molar-refractivity contribution in [3.63, 3.8) is 0 Å². The Hall–Kier alpha value is -1.40. The molecule has 5 nitrogen and oxygen atoms in total. The van der Waals surface area contributed by atoms with E-state index >= 15 is 0 Å². The van der Waals surface area contributed by atoms with E-state index in [0.29, 0.717) is 17.1 Å². The monoisotopic (exact) mass is 296 g/mol. The van der Waals surface area contributed by atoms with E-state index in [1.165, 1.54) is 24.9 Å². The molecular formula is C14H20N2O3S. The van der Waals surface area contributed by atoms with Gasteiger partial charge in [0, 0.05) is 4.88 Å². The minimum atomic E-state index is -0.414. The Morgan fingerprint density at radius 1 is 1.35 bits per heavy atom. The van der Waals surface area contributed by atoms with Crippen LogP contribution in [0.5, 0.6) is 0 Å². The fraction of sp³-hybridized carbons (Fsp3) is 0.571. The molecule has 0 aliphatic carbocycles. The molecule has 0 radical (unpaired) electrons. The maximum Gasteiger partial charge on any atom is 0.340 e. The molecule has 1 aromatic rings. The first-order valence-electron chi connectivity index (χ1n) is 6.81. The van der Waals surface area contributed by atoms with E-state index in [0.717, 1.165) is 30.8 Å². The summed E-state index contributed by atoms with van der Waals surface area (Å²) in [6, 6.07) is 1.74. The molecule has 2 rings (SSSR count). The van der Waals surface area contributed by atoms with Crippen molar-refractivity contribution in [2.75, 3.05) is 32.1 Å². The third-order valence-corrected chi connectivity index (χ3v) is 4.30. The first-order chi connectivity index (χ1) is 9.60. The van der Waals surface area contributed by atoms with Crippen LogP contribution in [0.2, 0.25) is 0 Å². The highest BCUT2D eigenvalue weighted by Crippen LogP contribution is 2.28. The number of rotatable bonds is 4. The highest BCUT2D eigenvalue weighted by Gasteiger charge is 2.19. The SMILES string of the molecule is COC(=O)c1cc(C)sc1NC(=O)CN1CCCCC1. The van der Waals surface area contributed by atoms with Crippen molar-refractivity contribution < 1.29 is 14.3 Å². The number of carbonyl (C=O) groups excluding carboxylic acids is 2. The minimum Gasteiger partial charge on any atom is -0.465 e. The summed E-state index contributed by atoms with van der Waals surface area (Å²) in [5, 5.41) is 3.41. The van der Waals surface area contributed by atoms with Crippen LogP contribution in [0.3, 0.4) is 0 Å². The number of aryl methyl sites for hydroxylation is 1. The standard InChI is InChI=1S/C14H20N2O3S/c1-10-8-11(14(18)19-2)13(20-10)15-12(17)9-16-6-4-3-5-7-16/h8H,3-7,9H2,1-2H3,(H,15,17). The van der Waals surface area contributed by atoms with Gasteiger partial charge in [-0.3, -0.25) is 9.69 Å². The summed E-state index contributed by atoms with van der Waals surface area (Å²) in [4.78, 5) is 26.8. The number of esters is 1. The summed E-state index contributed by atoms with van der Waals surface area (Å²) in [7, 11) is 1.34. The second-order valence-corrected chi connectivity index (χ2v) is 6.23. The summed E-state index contributed by atoms with van der Waals surface area (Å²) in [6.07, 6.45) is 3.55. The van der Waals surface area contributed by atoms with E-state index < -0.39 is 5.97 Å². The number of anilines is 1. The number of hydrogen-bond donors (Lipinski definition) is 1. The van der Waals surface area contributed by atoms with Gasteiger partial charge in [-0.05, 0) is 38.9 Å². The lowest BCUT2D eigenvalue weighted by molar-refractivity contribution is -0.117. The number of thiophene rings is 1. The highest BCUT2D eigenvalue weighted by molar-refractivity contribution is 7.16. The van der Waals surface area contributed by atoms with Gasteiger partial charge in [0.15, 0.2) is 0 Å². The van der Waals surface area contributed by atoms with Crippen LogP contribution in [0.25, 0.3) is 0 Å². The molecule has 0 spiro atoms. The molecule has 110 valence electrons. The maximum atomic E-state index is 12.1. The van der Waals surface area contributed by atoms with Gasteiger partial charge in [0.05, 0.1) is 19.2 Å². The van der Waals surface area contributed by atoms with Crippen LogP contribution >= 0.6 is 11.3 Å². The Bertz CT molecular complexity index is 493. The van der Waals surface area contributed by atoms with Crippen LogP contribution in [-0.2, 0) is 9.53 Å². The van der Waals surface area contributed by atoms with Crippen molar-refractivity contribution >= 4 is 28.2 Å². The summed E-state index contributed by atoms with van der Waals surface area (Å²) < 4.78 is 4.73. The molecule has 0 atom stereocenters. The van der Waals surface area contributed by atoms with Crippen LogP contribution in [0.15, 0.2) is 6.07 Å². The fourth-order valence-corrected chi connectivity index (χ4v) is 3.27. The molecule has 1 N–H and O–H groups in total. The first-order valence-corrected chi connectivity index (χ1v) is 7.62. The third-order valence-electron chi connectivity index (χ3n) is 3.33. The molecule has 1 aliphatic heterocycles. The molecule has 20 heavy (non-hydrogen) atoms. The van der Waals surface area contributed by atoms with Gasteiger partial charge < -0.3 is 10.1 Å². The first kappa shape index (κ1) is 15.0. The van der Waals surface area contributed by atoms with Gasteiger partial charge in [-0.2, -0.15) is 0 Å². The number of hydrogen-bond acceptors (Lipinski definition) is 5. The van der Waals surface area contributed by atoms with Gasteiger partial charge in [-0.25, -0.2) is 4.79 Å². The number of carbonyl (C=O) groups is 2. The van der Waals surface area contributed by atoms with E-state index in [2.05, 4.69) is 10.2 Å². The molecule has 0 bridgehead atoms. The van der Waals surface area contributed by atoms with Crippen LogP contribution in [0.4, 0.5) is 5.00 Å². The van der Waals surface area contributed by atoms with Crippen molar-refractivity contribution in [3.8, 4) is 0 Å². The number of methoxy groups -OCH3 is 1. The van der Waals surface area contributed by atoms with E-state index in [1.807, 2.05) is 6.92 Å². The molecule has 1 fully saturated rings. The van der Waals surface area contributed by atoms with Crippen molar-refractivity contribution in [1.29, 1.82) is 0 Å². The van der Waals surface area contributed by atoms with E-state index in [9.17, 15) is 9.59 Å². The Morgan fingerprint density at radius 3 is 2.70 bits per heavy atom. The van der Waals surface area contributed by atoms with Crippen LogP contribution < -0.4 is 5.32 Å². The molecule has 1 aromatic heterocycles. The molecule has 6 heteroatoms. The largest absolute Gasteiger partial charge is 0.465 e. The number of ether oxygens (including phenoxy) is 1. The van der Waals surface area contributed by atoms with Crippen LogP contribution in [0.1, 0.15) is 34.5 Å². The van der Waals surface area contributed by atoms with Crippen LogP contribution in [-0.4, -0.2) is 43.5 Å². The summed E-state index contributed by atoms with van der Waals surface area (Å²) in [5.41, 5.74) is 0.432. The average molecular weight is 296 g/mol. The quantitative estimate of drug-likeness (QED) is 0.866. The van der Waals surface area contributed by atoms with E-state index in [-0.39, 0.29) is 5.91 Å². The number of nitrogens with one attached hydrogen (secondary N) is 1. The predicted octanol–water partition coefficient (Wildman–Crippen LogP) is 2.27. The Balaban J connectivity index is 1.98. The topological polar surface area (TPSA) is 58.6 Å². The zero-order valence-corrected chi connectivity index (χ0v) is 12.7. The highest BCUT2D eigenvalue weighted by atomic mass is 32.1. The number of amides is 1. The minimum absolute atomic E-state index is 0.0705. The Morgan fingerprint density at radius 2 is 2.05 bits per heavy atom. The molecule has 0 saturated carbocycles. The maximum absolute atomic E-state index is 12.1. The van der Waals surface area contributed by atoms with Crippen molar-refractivity contribution in [1.82, 2.24) is 4.90 Å². The molecular weight excluding hydrogens is 276 g/mol. The summed E-state index contributed by atoms with van der Waals surface area (Å²) in [5.74, 6) is -0.485. The van der Waals surface area contributed by atoms with Gasteiger partial charge >= 0.3 is 5.97 Å². The third kappa shape index (κ3) is 3.80. The molecule has 2 heterocycles. The molecule has 0 unspecified atom stereocenters. The predicted molar refractivity (Wildman–Crippen MR) is 79.3 cm³/mol. The lowest BCUT2D eigenvalue weighted by Gasteiger charge is -2.25. The van der Waals surface area contributed by atoms with Gasteiger partial charge in [-0.1, -0.05) is 6.42 Å². The van der Waals surface area contributed by atoms with E-state index in [4.69, 9.17) is 4.74 Å². The van der Waals surface area contributed by atoms with Crippen molar-refractivity contribution in [2.45, 2.75) is 26.2 Å². The lowest BCUT2D eigenvalue weighted by Crippen LogP contribution is -2.36. The zero-order chi connectivity index (χ0) is 14.5. The summed E-state index contributed by atoms with van der Waals surface area (Å²) >= 11 is 1.40. The average Bonchev–Trinajstić information content (AvgIpc) is 2.79. The van der Waals surface area contributed by atoms with E-state index in [1.54, 1.807) is 6.07 Å². The van der Waals surface area contributed by atoms with Crippen molar-refractivity contribution in [3.05, 3.63) is 16.5 Å². The number of nitrogens with zero attached hydrogens (tertiary/aromatic N) is 1. The molecule has 1 aliphatic rings. The molecule has 1 saturated heterocycles. The van der Waals surface area contributed by atoms with Crippen molar-refractivity contribution in [2.24, 2.45) is 0 Å². The number of likely N-dealkylation sites (tertiary alicyclic amines) is 1. The zero-order valence-electron chi connectivity index (χ0n) is 11.9. The summed E-state index contributed by atoms with van der Waals surface area (Å²) in [6.45, 7) is 4.23. The Kier molecular flexibility index (Phi) is 5.14. The van der Waals surface area contributed by atoms with Gasteiger partial charge in [0.25, 0.3) is 0 Å². The second-order valence-electron chi connectivity index (χ2n) is 4.98. The van der Waals surface area contributed by atoms with Gasteiger partial charge in [0.1, 0.15) is 5.00 Å². The van der Waals surface area contributed by atoms with Gasteiger partial charge in [0.2, 0.25) is 5.91 Å². The molecule has 0 aromatic carbocycles. The number of piperidine rings is 1. The second kappa shape index (κ2) is 6.85.